The van der Waals surface area contributed by atoms with Crippen LogP contribution in [0.1, 0.15) is 79.7 Å². The maximum atomic E-state index is 13.1. The summed E-state index contributed by atoms with van der Waals surface area (Å²) in [6.07, 6.45) is 3.62. The van der Waals surface area contributed by atoms with Gasteiger partial charge in [0.25, 0.3) is 5.91 Å². The number of piperidine rings is 1. The topological polar surface area (TPSA) is 127 Å². The van der Waals surface area contributed by atoms with Crippen molar-refractivity contribution in [2.45, 2.75) is 58.6 Å². The van der Waals surface area contributed by atoms with E-state index in [9.17, 15) is 14.4 Å². The molecule has 5 rings (SSSR count). The standard InChI is InChI=1S/C34H36ClN5O5/c1-5-44-32(42)29-28(38-30(39-29)26-8-6-7-19-40(26)33(43)45-34(2,3)4)22-9-11-23(12-10-22)31(41)37-27-20-24(17-18-36-27)21-13-15-25(35)16-14-21/h9-18,20,26H,5-8,19H2,1-4H3,(H,38,39)(H,36,37,41)/t26-/m0/s1. The van der Waals surface area contributed by atoms with Crippen LogP contribution in [0, 0.1) is 0 Å². The average molecular weight is 630 g/mol. The molecule has 11 heteroatoms. The summed E-state index contributed by atoms with van der Waals surface area (Å²) in [6, 6.07) is 17.4. The number of esters is 1. The van der Waals surface area contributed by atoms with E-state index in [0.29, 0.717) is 46.5 Å². The summed E-state index contributed by atoms with van der Waals surface area (Å²) >= 11 is 6.01. The lowest BCUT2D eigenvalue weighted by molar-refractivity contribution is 0.00853. The Morgan fingerprint density at radius 3 is 2.40 bits per heavy atom. The van der Waals surface area contributed by atoms with Gasteiger partial charge in [0.15, 0.2) is 5.69 Å². The quantitative estimate of drug-likeness (QED) is 0.201. The summed E-state index contributed by atoms with van der Waals surface area (Å²) in [7, 11) is 0. The van der Waals surface area contributed by atoms with Crippen molar-refractivity contribution in [3.8, 4) is 22.4 Å². The Morgan fingerprint density at radius 2 is 1.71 bits per heavy atom. The van der Waals surface area contributed by atoms with Crippen molar-refractivity contribution in [1.82, 2.24) is 19.9 Å². The van der Waals surface area contributed by atoms with E-state index in [4.69, 9.17) is 26.1 Å². The van der Waals surface area contributed by atoms with Gasteiger partial charge in [-0.3, -0.25) is 9.69 Å². The predicted molar refractivity (Wildman–Crippen MR) is 172 cm³/mol. The zero-order chi connectivity index (χ0) is 32.1. The van der Waals surface area contributed by atoms with Crippen molar-refractivity contribution in [2.24, 2.45) is 0 Å². The Labute approximate surface area is 267 Å². The highest BCUT2D eigenvalue weighted by Gasteiger charge is 2.34. The van der Waals surface area contributed by atoms with Crippen molar-refractivity contribution in [3.05, 3.63) is 89.0 Å². The lowest BCUT2D eigenvalue weighted by Crippen LogP contribution is -2.42. The number of likely N-dealkylation sites (tertiary alicyclic amines) is 1. The molecule has 2 aromatic carbocycles. The molecule has 0 spiro atoms. The number of aromatic nitrogens is 3. The second-order valence-electron chi connectivity index (χ2n) is 11.7. The van der Waals surface area contributed by atoms with Crippen LogP contribution >= 0.6 is 11.6 Å². The number of ether oxygens (including phenoxy) is 2. The van der Waals surface area contributed by atoms with E-state index in [0.717, 1.165) is 24.0 Å². The minimum absolute atomic E-state index is 0.182. The van der Waals surface area contributed by atoms with Crippen LogP contribution < -0.4 is 5.32 Å². The molecule has 2 aromatic heterocycles. The lowest BCUT2D eigenvalue weighted by atomic mass is 10.0. The fraction of sp³-hybridized carbons (Fsp3) is 0.324. The molecule has 3 heterocycles. The molecule has 45 heavy (non-hydrogen) atoms. The number of H-pyrrole nitrogens is 1. The van der Waals surface area contributed by atoms with Crippen molar-refractivity contribution in [3.63, 3.8) is 0 Å². The number of anilines is 1. The Hall–Kier alpha value is -4.70. The number of hydrogen-bond acceptors (Lipinski definition) is 7. The summed E-state index contributed by atoms with van der Waals surface area (Å²) in [6.45, 7) is 7.91. The molecule has 1 fully saturated rings. The number of aromatic amines is 1. The fourth-order valence-electron chi connectivity index (χ4n) is 5.15. The molecule has 0 saturated carbocycles. The van der Waals surface area contributed by atoms with Crippen LogP contribution in [0.3, 0.4) is 0 Å². The van der Waals surface area contributed by atoms with Crippen molar-refractivity contribution in [2.75, 3.05) is 18.5 Å². The van der Waals surface area contributed by atoms with E-state index < -0.39 is 23.7 Å². The molecule has 0 unspecified atom stereocenters. The van der Waals surface area contributed by atoms with Crippen molar-refractivity contribution >= 4 is 35.4 Å². The number of carbonyl (C=O) groups excluding carboxylic acids is 3. The van der Waals surface area contributed by atoms with Gasteiger partial charge in [0.1, 0.15) is 22.9 Å². The van der Waals surface area contributed by atoms with E-state index in [1.165, 1.54) is 0 Å². The van der Waals surface area contributed by atoms with Crippen LogP contribution in [0.15, 0.2) is 66.9 Å². The maximum absolute atomic E-state index is 13.1. The molecule has 1 aliphatic heterocycles. The number of nitrogens with zero attached hydrogens (tertiary/aromatic N) is 3. The Bertz CT molecular complexity index is 1680. The van der Waals surface area contributed by atoms with Crippen molar-refractivity contribution < 1.29 is 23.9 Å². The van der Waals surface area contributed by atoms with E-state index in [1.807, 2.05) is 39.0 Å². The molecular weight excluding hydrogens is 594 g/mol. The second-order valence-corrected chi connectivity index (χ2v) is 12.2. The number of carbonyl (C=O) groups is 3. The number of nitrogens with one attached hydrogen (secondary N) is 2. The highest BCUT2D eigenvalue weighted by Crippen LogP contribution is 2.34. The third kappa shape index (κ3) is 7.69. The summed E-state index contributed by atoms with van der Waals surface area (Å²) in [5, 5.41) is 3.48. The first kappa shape index (κ1) is 31.7. The van der Waals surface area contributed by atoms with Gasteiger partial charge in [0.2, 0.25) is 0 Å². The molecule has 2 amide bonds. The lowest BCUT2D eigenvalue weighted by Gasteiger charge is -2.35. The van der Waals surface area contributed by atoms with Gasteiger partial charge in [0.05, 0.1) is 12.6 Å². The zero-order valence-electron chi connectivity index (χ0n) is 25.7. The van der Waals surface area contributed by atoms with Crippen LogP contribution in [0.5, 0.6) is 0 Å². The minimum Gasteiger partial charge on any atom is -0.461 e. The molecule has 0 aliphatic carbocycles. The van der Waals surface area contributed by atoms with Crippen LogP contribution in [-0.4, -0.2) is 56.6 Å². The van der Waals surface area contributed by atoms with Gasteiger partial charge in [0, 0.05) is 28.9 Å². The Balaban J connectivity index is 1.38. The minimum atomic E-state index is -0.646. The number of rotatable bonds is 7. The molecule has 0 radical (unpaired) electrons. The van der Waals surface area contributed by atoms with Gasteiger partial charge in [-0.25, -0.2) is 19.6 Å². The highest BCUT2D eigenvalue weighted by atomic mass is 35.5. The summed E-state index contributed by atoms with van der Waals surface area (Å²) in [5.74, 6) is -0.0163. The number of hydrogen-bond donors (Lipinski definition) is 2. The second kappa shape index (κ2) is 13.5. The molecule has 234 valence electrons. The Morgan fingerprint density at radius 1 is 1.00 bits per heavy atom. The molecule has 1 aliphatic rings. The van der Waals surface area contributed by atoms with Crippen LogP contribution in [0.25, 0.3) is 22.4 Å². The number of amides is 2. The first-order valence-electron chi connectivity index (χ1n) is 14.9. The SMILES string of the molecule is CCOC(=O)c1[nH]c([C@@H]2CCCCN2C(=O)OC(C)(C)C)nc1-c1ccc(C(=O)Nc2cc(-c3ccc(Cl)cc3)ccn2)cc1. The van der Waals surface area contributed by atoms with Gasteiger partial charge < -0.3 is 19.8 Å². The van der Waals surface area contributed by atoms with E-state index in [1.54, 1.807) is 60.5 Å². The van der Waals surface area contributed by atoms with E-state index in [2.05, 4.69) is 15.3 Å². The first-order valence-corrected chi connectivity index (χ1v) is 15.3. The van der Waals surface area contributed by atoms with Gasteiger partial charge >= 0.3 is 12.1 Å². The smallest absolute Gasteiger partial charge is 0.410 e. The number of pyridine rings is 1. The number of halogens is 1. The highest BCUT2D eigenvalue weighted by molar-refractivity contribution is 6.30. The molecule has 1 atom stereocenters. The molecule has 1 saturated heterocycles. The largest absolute Gasteiger partial charge is 0.461 e. The van der Waals surface area contributed by atoms with Crippen LogP contribution in [0.2, 0.25) is 5.02 Å². The molecule has 2 N–H and O–H groups in total. The Kier molecular flexibility index (Phi) is 9.53. The van der Waals surface area contributed by atoms with Gasteiger partial charge in [-0.05, 0) is 94.5 Å². The molecule has 4 aromatic rings. The zero-order valence-corrected chi connectivity index (χ0v) is 26.5. The van der Waals surface area contributed by atoms with Crippen LogP contribution in [0.4, 0.5) is 10.6 Å². The predicted octanol–water partition coefficient (Wildman–Crippen LogP) is 7.68. The van der Waals surface area contributed by atoms with Gasteiger partial charge in [-0.2, -0.15) is 0 Å². The van der Waals surface area contributed by atoms with E-state index in [-0.39, 0.29) is 18.2 Å². The van der Waals surface area contributed by atoms with Crippen LogP contribution in [-0.2, 0) is 9.47 Å². The average Bonchev–Trinajstić information content (AvgIpc) is 3.47. The fourth-order valence-corrected chi connectivity index (χ4v) is 5.28. The summed E-state index contributed by atoms with van der Waals surface area (Å²) in [4.78, 5) is 53.0. The van der Waals surface area contributed by atoms with Gasteiger partial charge in [-0.15, -0.1) is 0 Å². The summed E-state index contributed by atoms with van der Waals surface area (Å²) < 4.78 is 11.0. The first-order chi connectivity index (χ1) is 21.5. The number of benzene rings is 2. The molecule has 10 nitrogen and oxygen atoms in total. The number of imidazole rings is 1. The van der Waals surface area contributed by atoms with E-state index >= 15 is 0 Å². The molecular formula is C34H36ClN5O5. The monoisotopic (exact) mass is 629 g/mol. The molecule has 0 bridgehead atoms. The van der Waals surface area contributed by atoms with Gasteiger partial charge in [-0.1, -0.05) is 35.9 Å². The third-order valence-electron chi connectivity index (χ3n) is 7.25. The normalized spacial score (nSPS) is 15.0. The maximum Gasteiger partial charge on any atom is 0.410 e. The van der Waals surface area contributed by atoms with Crippen molar-refractivity contribution in [1.29, 1.82) is 0 Å². The third-order valence-corrected chi connectivity index (χ3v) is 7.50. The summed E-state index contributed by atoms with van der Waals surface area (Å²) in [5.41, 5.74) is 2.75.